The third kappa shape index (κ3) is 7.09. The summed E-state index contributed by atoms with van der Waals surface area (Å²) < 4.78 is 16.2. The van der Waals surface area contributed by atoms with Crippen molar-refractivity contribution in [2.45, 2.75) is 13.8 Å². The number of benzene rings is 3. The van der Waals surface area contributed by atoms with Crippen LogP contribution in [-0.4, -0.2) is 37.5 Å². The number of anilines is 1. The average molecular weight is 463 g/mol. The fourth-order valence-electron chi connectivity index (χ4n) is 2.96. The quantitative estimate of drug-likeness (QED) is 0.440. The zero-order valence-corrected chi connectivity index (χ0v) is 19.0. The molecule has 34 heavy (non-hydrogen) atoms. The van der Waals surface area contributed by atoms with Gasteiger partial charge in [0.15, 0.2) is 12.4 Å². The third-order valence-electron chi connectivity index (χ3n) is 4.60. The zero-order chi connectivity index (χ0) is 24.3. The van der Waals surface area contributed by atoms with Gasteiger partial charge in [-0.3, -0.25) is 14.4 Å². The van der Waals surface area contributed by atoms with Crippen LogP contribution in [0.2, 0.25) is 0 Å². The molecule has 0 aliphatic heterocycles. The Bertz CT molecular complexity index is 1140. The molecule has 0 saturated carbocycles. The maximum absolute atomic E-state index is 12.3. The average Bonchev–Trinajstić information content (AvgIpc) is 2.84. The van der Waals surface area contributed by atoms with E-state index in [0.29, 0.717) is 35.1 Å². The smallest absolute Gasteiger partial charge is 0.325 e. The van der Waals surface area contributed by atoms with Crippen molar-refractivity contribution >= 4 is 23.5 Å². The van der Waals surface area contributed by atoms with Gasteiger partial charge in [-0.15, -0.1) is 0 Å². The molecule has 3 rings (SSSR count). The molecule has 3 aromatic rings. The van der Waals surface area contributed by atoms with Crippen molar-refractivity contribution in [1.29, 1.82) is 0 Å². The molecule has 0 aromatic heterocycles. The Kier molecular flexibility index (Phi) is 8.62. The molecule has 0 fully saturated rings. The first-order chi connectivity index (χ1) is 16.5. The van der Waals surface area contributed by atoms with Gasteiger partial charge < -0.3 is 24.8 Å². The van der Waals surface area contributed by atoms with E-state index in [1.807, 2.05) is 38.1 Å². The zero-order valence-electron chi connectivity index (χ0n) is 19.0. The molecule has 0 saturated heterocycles. The fourth-order valence-corrected chi connectivity index (χ4v) is 2.96. The monoisotopic (exact) mass is 462 g/mol. The van der Waals surface area contributed by atoms with Gasteiger partial charge >= 0.3 is 5.97 Å². The number of hydrogen-bond acceptors (Lipinski definition) is 6. The minimum atomic E-state index is -0.749. The predicted molar refractivity (Wildman–Crippen MR) is 127 cm³/mol. The van der Waals surface area contributed by atoms with E-state index in [1.165, 1.54) is 0 Å². The van der Waals surface area contributed by atoms with Gasteiger partial charge in [0.1, 0.15) is 18.0 Å². The second-order valence-corrected chi connectivity index (χ2v) is 7.23. The highest BCUT2D eigenvalue weighted by atomic mass is 16.5. The number of esters is 1. The topological polar surface area (TPSA) is 103 Å². The molecule has 2 N–H and O–H groups in total. The Labute approximate surface area is 197 Å². The maximum atomic E-state index is 12.3. The van der Waals surface area contributed by atoms with Crippen molar-refractivity contribution in [2.24, 2.45) is 0 Å². The van der Waals surface area contributed by atoms with Crippen molar-refractivity contribution in [3.05, 3.63) is 83.9 Å². The lowest BCUT2D eigenvalue weighted by Crippen LogP contribution is -2.32. The van der Waals surface area contributed by atoms with E-state index in [2.05, 4.69) is 10.6 Å². The highest BCUT2D eigenvalue weighted by Gasteiger charge is 2.15. The van der Waals surface area contributed by atoms with Crippen LogP contribution in [0.3, 0.4) is 0 Å². The predicted octanol–water partition coefficient (Wildman–Crippen LogP) is 4.10. The highest BCUT2D eigenvalue weighted by molar-refractivity contribution is 5.98. The molecule has 0 aliphatic carbocycles. The van der Waals surface area contributed by atoms with Crippen LogP contribution in [0, 0.1) is 6.92 Å². The van der Waals surface area contributed by atoms with Gasteiger partial charge in [0.05, 0.1) is 17.9 Å². The summed E-state index contributed by atoms with van der Waals surface area (Å²) in [7, 11) is 0. The number of aryl methyl sites for hydroxylation is 1. The number of hydrogen-bond donors (Lipinski definition) is 2. The van der Waals surface area contributed by atoms with E-state index in [4.69, 9.17) is 14.2 Å². The minimum absolute atomic E-state index is 0.306. The molecule has 8 nitrogen and oxygen atoms in total. The SMILES string of the molecule is CCOc1ccccc1C(=O)NCC(=O)OCC(=O)Nc1ccccc1Oc1ccc(C)cc1. The van der Waals surface area contributed by atoms with Gasteiger partial charge in [0.2, 0.25) is 0 Å². The largest absolute Gasteiger partial charge is 0.493 e. The van der Waals surface area contributed by atoms with Gasteiger partial charge in [0.25, 0.3) is 11.8 Å². The van der Waals surface area contributed by atoms with E-state index in [0.717, 1.165) is 5.56 Å². The molecule has 8 heteroatoms. The van der Waals surface area contributed by atoms with Crippen molar-refractivity contribution in [3.8, 4) is 17.2 Å². The van der Waals surface area contributed by atoms with Gasteiger partial charge in [-0.2, -0.15) is 0 Å². The molecule has 2 amide bonds. The van der Waals surface area contributed by atoms with Crippen LogP contribution in [0.1, 0.15) is 22.8 Å². The second-order valence-electron chi connectivity index (χ2n) is 7.23. The van der Waals surface area contributed by atoms with Crippen LogP contribution in [-0.2, 0) is 14.3 Å². The summed E-state index contributed by atoms with van der Waals surface area (Å²) in [5.41, 5.74) is 1.84. The normalized spacial score (nSPS) is 10.2. The molecular formula is C26H26N2O6. The lowest BCUT2D eigenvalue weighted by molar-refractivity contribution is -0.146. The molecule has 3 aromatic carbocycles. The van der Waals surface area contributed by atoms with Crippen LogP contribution in [0.25, 0.3) is 0 Å². The van der Waals surface area contributed by atoms with E-state index in [9.17, 15) is 14.4 Å². The Morgan fingerprint density at radius 2 is 1.53 bits per heavy atom. The summed E-state index contributed by atoms with van der Waals surface area (Å²) >= 11 is 0. The first kappa shape index (κ1) is 24.3. The lowest BCUT2D eigenvalue weighted by atomic mass is 10.2. The number of carbonyl (C=O) groups is 3. The molecule has 0 spiro atoms. The van der Waals surface area contributed by atoms with Crippen molar-refractivity contribution in [1.82, 2.24) is 5.32 Å². The van der Waals surface area contributed by atoms with Crippen LogP contribution < -0.4 is 20.1 Å². The number of rotatable bonds is 10. The fraction of sp³-hybridized carbons (Fsp3) is 0.192. The third-order valence-corrected chi connectivity index (χ3v) is 4.60. The van der Waals surface area contributed by atoms with E-state index >= 15 is 0 Å². The summed E-state index contributed by atoms with van der Waals surface area (Å²) in [6.07, 6.45) is 0. The van der Waals surface area contributed by atoms with Crippen molar-refractivity contribution in [3.63, 3.8) is 0 Å². The van der Waals surface area contributed by atoms with Crippen molar-refractivity contribution < 1.29 is 28.6 Å². The second kappa shape index (κ2) is 12.1. The van der Waals surface area contributed by atoms with Gasteiger partial charge in [-0.05, 0) is 50.2 Å². The van der Waals surface area contributed by atoms with Crippen LogP contribution >= 0.6 is 0 Å². The number of para-hydroxylation sites is 3. The van der Waals surface area contributed by atoms with E-state index < -0.39 is 24.4 Å². The first-order valence-corrected chi connectivity index (χ1v) is 10.8. The first-order valence-electron chi connectivity index (χ1n) is 10.8. The van der Waals surface area contributed by atoms with E-state index in [1.54, 1.807) is 48.5 Å². The lowest BCUT2D eigenvalue weighted by Gasteiger charge is -2.13. The Morgan fingerprint density at radius 3 is 2.26 bits per heavy atom. The summed E-state index contributed by atoms with van der Waals surface area (Å²) in [5.74, 6) is -0.274. The number of ether oxygens (including phenoxy) is 3. The molecule has 0 bridgehead atoms. The summed E-state index contributed by atoms with van der Waals surface area (Å²) in [6, 6.07) is 21.1. The van der Waals surface area contributed by atoms with Gasteiger partial charge in [-0.25, -0.2) is 0 Å². The summed E-state index contributed by atoms with van der Waals surface area (Å²) in [5, 5.41) is 5.13. The number of carbonyl (C=O) groups excluding carboxylic acids is 3. The van der Waals surface area contributed by atoms with Gasteiger partial charge in [-0.1, -0.05) is 42.0 Å². The summed E-state index contributed by atoms with van der Waals surface area (Å²) in [4.78, 5) is 36.6. The molecule has 0 heterocycles. The van der Waals surface area contributed by atoms with Crippen molar-refractivity contribution in [2.75, 3.05) is 25.1 Å². The Hall–Kier alpha value is -4.33. The van der Waals surface area contributed by atoms with E-state index in [-0.39, 0.29) is 6.54 Å². The Balaban J connectivity index is 1.48. The molecule has 0 aliphatic rings. The Morgan fingerprint density at radius 1 is 0.853 bits per heavy atom. The maximum Gasteiger partial charge on any atom is 0.325 e. The standard InChI is InChI=1S/C26H26N2O6/c1-3-32-22-10-6-4-8-20(22)26(31)27-16-25(30)33-17-24(29)28-21-9-5-7-11-23(21)34-19-14-12-18(2)13-15-19/h4-15H,3,16-17H2,1-2H3,(H,27,31)(H,28,29). The minimum Gasteiger partial charge on any atom is -0.493 e. The molecule has 0 atom stereocenters. The van der Waals surface area contributed by atoms with Crippen LogP contribution in [0.5, 0.6) is 17.2 Å². The van der Waals surface area contributed by atoms with Crippen LogP contribution in [0.15, 0.2) is 72.8 Å². The number of nitrogens with one attached hydrogen (secondary N) is 2. The van der Waals surface area contributed by atoms with Crippen LogP contribution in [0.4, 0.5) is 5.69 Å². The summed E-state index contributed by atoms with van der Waals surface area (Å²) in [6.45, 7) is 3.29. The number of amides is 2. The molecule has 0 unspecified atom stereocenters. The van der Waals surface area contributed by atoms with Gasteiger partial charge in [0, 0.05) is 0 Å². The molecule has 0 radical (unpaired) electrons. The highest BCUT2D eigenvalue weighted by Crippen LogP contribution is 2.29. The molecular weight excluding hydrogens is 436 g/mol. The molecule has 176 valence electrons.